The van der Waals surface area contributed by atoms with Gasteiger partial charge in [-0.25, -0.2) is 9.59 Å². The number of aliphatic hydroxyl groups excluding tert-OH is 2. The van der Waals surface area contributed by atoms with Crippen molar-refractivity contribution >= 4 is 22.7 Å². The minimum Gasteiger partial charge on any atom is -0.478 e. The number of rotatable bonds is 2. The van der Waals surface area contributed by atoms with Crippen molar-refractivity contribution in [1.82, 2.24) is 0 Å². The second kappa shape index (κ2) is 8.63. The number of aliphatic hydroxyl groups is 2. The normalized spacial score (nSPS) is 8.80. The maximum absolute atomic E-state index is 10.7. The van der Waals surface area contributed by atoms with E-state index in [1.807, 2.05) is 0 Å². The van der Waals surface area contributed by atoms with Crippen molar-refractivity contribution in [2.45, 2.75) is 0 Å². The summed E-state index contributed by atoms with van der Waals surface area (Å²) in [7, 11) is 2.00. The number of fused-ring (bicyclic) bond motifs is 1. The standard InChI is InChI=1S/C12H8O4.2CH4O/c13-11(14)9-3-1-7-5-10(12(15)16)4-2-8(7)6-9;2*1-2/h1-6H,(H,13,14)(H,15,16);2*2H,1H3. The molecule has 0 heterocycles. The van der Waals surface area contributed by atoms with Crippen LogP contribution < -0.4 is 0 Å². The molecule has 108 valence electrons. The van der Waals surface area contributed by atoms with E-state index in [1.54, 1.807) is 12.1 Å². The zero-order chi connectivity index (χ0) is 15.7. The molecule has 0 amide bonds. The van der Waals surface area contributed by atoms with Crippen molar-refractivity contribution in [3.63, 3.8) is 0 Å². The van der Waals surface area contributed by atoms with Crippen LogP contribution in [0, 0.1) is 0 Å². The second-order valence-corrected chi connectivity index (χ2v) is 3.39. The topological polar surface area (TPSA) is 115 Å². The Labute approximate surface area is 115 Å². The van der Waals surface area contributed by atoms with Crippen molar-refractivity contribution in [2.75, 3.05) is 14.2 Å². The van der Waals surface area contributed by atoms with Gasteiger partial charge in [0.2, 0.25) is 0 Å². The fraction of sp³-hybridized carbons (Fsp3) is 0.143. The Bertz CT molecular complexity index is 538. The molecule has 0 aromatic heterocycles. The maximum atomic E-state index is 10.7. The molecule has 0 radical (unpaired) electrons. The fourth-order valence-corrected chi connectivity index (χ4v) is 1.51. The Kier molecular flexibility index (Phi) is 7.57. The summed E-state index contributed by atoms with van der Waals surface area (Å²) >= 11 is 0. The van der Waals surface area contributed by atoms with Crippen LogP contribution >= 0.6 is 0 Å². The van der Waals surface area contributed by atoms with Crippen LogP contribution in [-0.4, -0.2) is 46.6 Å². The summed E-state index contributed by atoms with van der Waals surface area (Å²) in [6.45, 7) is 0. The molecule has 0 fully saturated rings. The van der Waals surface area contributed by atoms with Crippen LogP contribution in [0.1, 0.15) is 20.7 Å². The maximum Gasteiger partial charge on any atom is 0.335 e. The number of carbonyl (C=O) groups is 2. The molecule has 0 aliphatic carbocycles. The Morgan fingerprint density at radius 2 is 1.00 bits per heavy atom. The van der Waals surface area contributed by atoms with Crippen LogP contribution in [0.25, 0.3) is 10.8 Å². The number of carboxylic acids is 2. The SMILES string of the molecule is CO.CO.O=C(O)c1ccc2cc(C(=O)O)ccc2c1. The molecule has 2 aromatic rings. The highest BCUT2D eigenvalue weighted by atomic mass is 16.4. The minimum atomic E-state index is -0.996. The van der Waals surface area contributed by atoms with Gasteiger partial charge in [0.15, 0.2) is 0 Å². The third-order valence-electron chi connectivity index (χ3n) is 2.33. The van der Waals surface area contributed by atoms with E-state index in [2.05, 4.69) is 0 Å². The van der Waals surface area contributed by atoms with Crippen molar-refractivity contribution in [2.24, 2.45) is 0 Å². The Morgan fingerprint density at radius 3 is 1.25 bits per heavy atom. The van der Waals surface area contributed by atoms with Gasteiger partial charge in [-0.15, -0.1) is 0 Å². The van der Waals surface area contributed by atoms with Crippen LogP contribution in [0.3, 0.4) is 0 Å². The molecule has 4 N–H and O–H groups in total. The number of benzene rings is 2. The van der Waals surface area contributed by atoms with Gasteiger partial charge in [-0.05, 0) is 35.0 Å². The largest absolute Gasteiger partial charge is 0.478 e. The minimum absolute atomic E-state index is 0.190. The predicted molar refractivity (Wildman–Crippen MR) is 74.2 cm³/mol. The van der Waals surface area contributed by atoms with E-state index in [4.69, 9.17) is 20.4 Å². The van der Waals surface area contributed by atoms with Crippen molar-refractivity contribution in [3.8, 4) is 0 Å². The highest BCUT2D eigenvalue weighted by Crippen LogP contribution is 2.18. The summed E-state index contributed by atoms with van der Waals surface area (Å²) < 4.78 is 0. The van der Waals surface area contributed by atoms with Crippen molar-refractivity contribution < 1.29 is 30.0 Å². The van der Waals surface area contributed by atoms with Gasteiger partial charge in [-0.3, -0.25) is 0 Å². The summed E-state index contributed by atoms with van der Waals surface area (Å²) in [6.07, 6.45) is 0. The molecule has 0 aliphatic rings. The van der Waals surface area contributed by atoms with Gasteiger partial charge in [0.1, 0.15) is 0 Å². The lowest BCUT2D eigenvalue weighted by molar-refractivity contribution is 0.0686. The Balaban J connectivity index is 0.000000829. The lowest BCUT2D eigenvalue weighted by atomic mass is 10.0. The summed E-state index contributed by atoms with van der Waals surface area (Å²) in [5, 5.41) is 33.0. The molecule has 20 heavy (non-hydrogen) atoms. The van der Waals surface area contributed by atoms with E-state index in [0.717, 1.165) is 14.2 Å². The zero-order valence-electron chi connectivity index (χ0n) is 11.1. The van der Waals surface area contributed by atoms with Crippen LogP contribution in [0.4, 0.5) is 0 Å². The third kappa shape index (κ3) is 4.34. The molecule has 0 atom stereocenters. The van der Waals surface area contributed by atoms with Gasteiger partial charge < -0.3 is 20.4 Å². The van der Waals surface area contributed by atoms with Crippen LogP contribution in [-0.2, 0) is 0 Å². The zero-order valence-corrected chi connectivity index (χ0v) is 11.1. The van der Waals surface area contributed by atoms with Gasteiger partial charge >= 0.3 is 11.9 Å². The predicted octanol–water partition coefficient (Wildman–Crippen LogP) is 1.45. The number of carboxylic acid groups (broad SMARTS) is 2. The van der Waals surface area contributed by atoms with Gasteiger partial charge in [0.25, 0.3) is 0 Å². The van der Waals surface area contributed by atoms with E-state index in [1.165, 1.54) is 24.3 Å². The van der Waals surface area contributed by atoms with Crippen LogP contribution in [0.15, 0.2) is 36.4 Å². The molecule has 2 rings (SSSR count). The Morgan fingerprint density at radius 1 is 0.700 bits per heavy atom. The molecule has 0 saturated carbocycles. The van der Waals surface area contributed by atoms with Crippen molar-refractivity contribution in [3.05, 3.63) is 47.5 Å². The highest BCUT2D eigenvalue weighted by Gasteiger charge is 2.06. The molecule has 0 bridgehead atoms. The molecule has 0 unspecified atom stereocenters. The van der Waals surface area contributed by atoms with E-state index in [0.29, 0.717) is 10.8 Å². The van der Waals surface area contributed by atoms with Gasteiger partial charge in [0.05, 0.1) is 11.1 Å². The molecule has 2 aromatic carbocycles. The molecular weight excluding hydrogens is 264 g/mol. The van der Waals surface area contributed by atoms with E-state index < -0.39 is 11.9 Å². The molecule has 0 saturated heterocycles. The summed E-state index contributed by atoms with van der Waals surface area (Å²) in [5.74, 6) is -1.99. The van der Waals surface area contributed by atoms with E-state index in [-0.39, 0.29) is 11.1 Å². The quantitative estimate of drug-likeness (QED) is 0.662. The van der Waals surface area contributed by atoms with Gasteiger partial charge in [0, 0.05) is 14.2 Å². The summed E-state index contributed by atoms with van der Waals surface area (Å²) in [4.78, 5) is 21.5. The number of hydrogen-bond acceptors (Lipinski definition) is 4. The second-order valence-electron chi connectivity index (χ2n) is 3.39. The molecule has 6 nitrogen and oxygen atoms in total. The van der Waals surface area contributed by atoms with Gasteiger partial charge in [-0.2, -0.15) is 0 Å². The third-order valence-corrected chi connectivity index (χ3v) is 2.33. The first-order chi connectivity index (χ1) is 9.58. The van der Waals surface area contributed by atoms with Crippen LogP contribution in [0.5, 0.6) is 0 Å². The number of aromatic carboxylic acids is 2. The van der Waals surface area contributed by atoms with Crippen molar-refractivity contribution in [1.29, 1.82) is 0 Å². The molecule has 0 aliphatic heterocycles. The van der Waals surface area contributed by atoms with Gasteiger partial charge in [-0.1, -0.05) is 12.1 Å². The first kappa shape index (κ1) is 17.6. The molecule has 0 spiro atoms. The van der Waals surface area contributed by atoms with Crippen LogP contribution in [0.2, 0.25) is 0 Å². The smallest absolute Gasteiger partial charge is 0.335 e. The number of hydrogen-bond donors (Lipinski definition) is 4. The first-order valence-corrected chi connectivity index (χ1v) is 5.48. The molecular formula is C14H16O6. The summed E-state index contributed by atoms with van der Waals surface area (Å²) in [6, 6.07) is 9.15. The highest BCUT2D eigenvalue weighted by molar-refractivity contribution is 5.97. The first-order valence-electron chi connectivity index (χ1n) is 5.48. The lowest BCUT2D eigenvalue weighted by Gasteiger charge is -2.01. The lowest BCUT2D eigenvalue weighted by Crippen LogP contribution is -1.97. The average Bonchev–Trinajstić information content (AvgIpc) is 2.50. The monoisotopic (exact) mass is 280 g/mol. The van der Waals surface area contributed by atoms with E-state index in [9.17, 15) is 9.59 Å². The molecule has 6 heteroatoms. The fourth-order valence-electron chi connectivity index (χ4n) is 1.51. The average molecular weight is 280 g/mol. The summed E-state index contributed by atoms with van der Waals surface area (Å²) in [5.41, 5.74) is 0.381. The van der Waals surface area contributed by atoms with E-state index >= 15 is 0 Å². The Hall–Kier alpha value is -2.44.